The van der Waals surface area contributed by atoms with E-state index in [9.17, 15) is 9.90 Å². The highest BCUT2D eigenvalue weighted by Crippen LogP contribution is 2.35. The predicted octanol–water partition coefficient (Wildman–Crippen LogP) is 5.58. The van der Waals surface area contributed by atoms with E-state index in [4.69, 9.17) is 23.8 Å². The van der Waals surface area contributed by atoms with Gasteiger partial charge >= 0.3 is 0 Å². The zero-order valence-corrected chi connectivity index (χ0v) is 17.7. The summed E-state index contributed by atoms with van der Waals surface area (Å²) in [5.74, 6) is -0.261. The lowest BCUT2D eigenvalue weighted by Gasteiger charge is -2.14. The van der Waals surface area contributed by atoms with Crippen LogP contribution in [-0.2, 0) is 0 Å². The van der Waals surface area contributed by atoms with E-state index in [1.165, 1.54) is 4.57 Å². The molecule has 140 valence electrons. The van der Waals surface area contributed by atoms with Crippen molar-refractivity contribution in [2.45, 2.75) is 6.92 Å². The van der Waals surface area contributed by atoms with Crippen molar-refractivity contribution in [1.29, 1.82) is 0 Å². The van der Waals surface area contributed by atoms with E-state index in [0.717, 1.165) is 21.3 Å². The number of aromatic hydroxyl groups is 1. The highest BCUT2D eigenvalue weighted by molar-refractivity contribution is 9.10. The second kappa shape index (κ2) is 7.16. The number of allylic oxidation sites excluding steroid dienone is 1. The number of H-pyrrole nitrogens is 1. The lowest BCUT2D eigenvalue weighted by Crippen LogP contribution is -2.16. The van der Waals surface area contributed by atoms with Crippen LogP contribution in [0.4, 0.5) is 5.69 Å². The monoisotopic (exact) mass is 473 g/mol. The largest absolute Gasteiger partial charge is 0.494 e. The van der Waals surface area contributed by atoms with Crippen LogP contribution >= 0.6 is 39.7 Å². The molecule has 2 heterocycles. The van der Waals surface area contributed by atoms with E-state index in [1.807, 2.05) is 25.1 Å². The summed E-state index contributed by atoms with van der Waals surface area (Å²) in [5.41, 5.74) is 3.30. The molecule has 0 spiro atoms. The van der Waals surface area contributed by atoms with Gasteiger partial charge < -0.3 is 5.11 Å². The van der Waals surface area contributed by atoms with Gasteiger partial charge in [-0.25, -0.2) is 0 Å². The Bertz CT molecular complexity index is 1310. The number of rotatable bonds is 2. The van der Waals surface area contributed by atoms with Gasteiger partial charge in [0.2, 0.25) is 5.88 Å². The van der Waals surface area contributed by atoms with E-state index in [0.29, 0.717) is 16.3 Å². The van der Waals surface area contributed by atoms with E-state index >= 15 is 0 Å². The first-order valence-electron chi connectivity index (χ1n) is 8.26. The van der Waals surface area contributed by atoms with Crippen molar-refractivity contribution in [2.75, 3.05) is 0 Å². The Morgan fingerprint density at radius 2 is 2.11 bits per heavy atom. The number of aromatic amines is 1. The van der Waals surface area contributed by atoms with Gasteiger partial charge in [-0.2, -0.15) is 0 Å². The molecule has 0 aliphatic carbocycles. The van der Waals surface area contributed by atoms with Crippen molar-refractivity contribution < 1.29 is 5.11 Å². The average molecular weight is 475 g/mol. The van der Waals surface area contributed by atoms with E-state index in [1.54, 1.807) is 30.5 Å². The number of aliphatic imine (C=N–C) groups is 1. The van der Waals surface area contributed by atoms with E-state index in [2.05, 4.69) is 25.9 Å². The van der Waals surface area contributed by atoms with Gasteiger partial charge in [0.1, 0.15) is 5.56 Å². The van der Waals surface area contributed by atoms with Gasteiger partial charge in [0, 0.05) is 26.8 Å². The third-order valence-electron chi connectivity index (χ3n) is 4.51. The molecule has 0 saturated heterocycles. The third kappa shape index (κ3) is 3.15. The first kappa shape index (κ1) is 18.9. The van der Waals surface area contributed by atoms with Crippen LogP contribution in [-0.4, -0.2) is 20.9 Å². The summed E-state index contributed by atoms with van der Waals surface area (Å²) < 4.78 is 2.38. The van der Waals surface area contributed by atoms with Crippen molar-refractivity contribution >= 4 is 63.3 Å². The van der Waals surface area contributed by atoms with Crippen LogP contribution in [0.2, 0.25) is 5.02 Å². The zero-order chi connectivity index (χ0) is 20.0. The maximum atomic E-state index is 12.5. The topological polar surface area (TPSA) is 70.4 Å². The number of hydrogen-bond donors (Lipinski definition) is 2. The van der Waals surface area contributed by atoms with Gasteiger partial charge in [0.25, 0.3) is 5.56 Å². The van der Waals surface area contributed by atoms with Gasteiger partial charge in [-0.1, -0.05) is 33.6 Å². The van der Waals surface area contributed by atoms with Crippen LogP contribution in [0.1, 0.15) is 16.7 Å². The Labute approximate surface area is 178 Å². The summed E-state index contributed by atoms with van der Waals surface area (Å²) >= 11 is 14.9. The summed E-state index contributed by atoms with van der Waals surface area (Å²) in [7, 11) is 0. The molecule has 28 heavy (non-hydrogen) atoms. The van der Waals surface area contributed by atoms with Gasteiger partial charge in [-0.3, -0.25) is 19.3 Å². The fourth-order valence-corrected chi connectivity index (χ4v) is 3.87. The van der Waals surface area contributed by atoms with E-state index < -0.39 is 5.56 Å². The fourth-order valence-electron chi connectivity index (χ4n) is 3.06. The number of hydrogen-bond acceptors (Lipinski definition) is 4. The van der Waals surface area contributed by atoms with Crippen LogP contribution in [0.5, 0.6) is 5.88 Å². The molecule has 0 fully saturated rings. The molecule has 1 aliphatic heterocycles. The van der Waals surface area contributed by atoms with Gasteiger partial charge in [-0.05, 0) is 61.1 Å². The van der Waals surface area contributed by atoms with Crippen molar-refractivity contribution in [3.05, 3.63) is 77.7 Å². The van der Waals surface area contributed by atoms with Crippen molar-refractivity contribution in [3.8, 4) is 11.6 Å². The Kier molecular flexibility index (Phi) is 4.82. The minimum atomic E-state index is -0.484. The number of nitrogens with zero attached hydrogens (tertiary/aromatic N) is 2. The molecule has 2 N–H and O–H groups in total. The third-order valence-corrected chi connectivity index (χ3v) is 5.70. The van der Waals surface area contributed by atoms with Crippen LogP contribution in [0.3, 0.4) is 0 Å². The SMILES string of the molecule is Cc1c(Cl)cccc1-n1c(O)c(C=C2C=Nc3ccc(Br)cc32)c(=O)[nH]c1=S. The molecular weight excluding hydrogens is 462 g/mol. The van der Waals surface area contributed by atoms with Gasteiger partial charge in [0.15, 0.2) is 4.77 Å². The standard InChI is InChI=1S/C20H13BrClN3O2S/c1-10-15(22)3-2-4-17(10)25-19(27)14(18(26)24-20(25)28)7-11-9-23-16-6-5-12(21)8-13(11)16/h2-9,27H,1H3,(H,24,26,28). The molecule has 0 amide bonds. The Morgan fingerprint density at radius 3 is 2.89 bits per heavy atom. The van der Waals surface area contributed by atoms with Crippen LogP contribution < -0.4 is 5.56 Å². The van der Waals surface area contributed by atoms with Gasteiger partial charge in [0.05, 0.1) is 11.4 Å². The lowest BCUT2D eigenvalue weighted by atomic mass is 10.1. The molecule has 1 aromatic heterocycles. The second-order valence-electron chi connectivity index (χ2n) is 6.24. The van der Waals surface area contributed by atoms with Crippen molar-refractivity contribution in [3.63, 3.8) is 0 Å². The molecule has 0 bridgehead atoms. The van der Waals surface area contributed by atoms with E-state index in [-0.39, 0.29) is 16.2 Å². The minimum Gasteiger partial charge on any atom is -0.494 e. The normalized spacial score (nSPS) is 13.9. The molecule has 8 heteroatoms. The Balaban J connectivity index is 1.95. The molecule has 2 aromatic carbocycles. The Morgan fingerprint density at radius 1 is 1.32 bits per heavy atom. The molecule has 0 saturated carbocycles. The maximum Gasteiger partial charge on any atom is 0.262 e. The number of fused-ring (bicyclic) bond motifs is 1. The molecule has 0 radical (unpaired) electrons. The lowest BCUT2D eigenvalue weighted by molar-refractivity contribution is 0.431. The molecule has 5 nitrogen and oxygen atoms in total. The second-order valence-corrected chi connectivity index (χ2v) is 7.94. The number of aromatic nitrogens is 2. The van der Waals surface area contributed by atoms with Crippen LogP contribution in [0, 0.1) is 11.7 Å². The molecule has 0 atom stereocenters. The van der Waals surface area contributed by atoms with Gasteiger partial charge in [-0.15, -0.1) is 0 Å². The summed E-state index contributed by atoms with van der Waals surface area (Å²) in [6, 6.07) is 11.0. The van der Waals surface area contributed by atoms with Crippen LogP contribution in [0.15, 0.2) is 50.7 Å². The van der Waals surface area contributed by atoms with Crippen molar-refractivity contribution in [2.24, 2.45) is 4.99 Å². The first-order chi connectivity index (χ1) is 13.4. The smallest absolute Gasteiger partial charge is 0.262 e. The zero-order valence-electron chi connectivity index (χ0n) is 14.5. The molecular formula is C20H13BrClN3O2S. The quantitative estimate of drug-likeness (QED) is 0.476. The summed E-state index contributed by atoms with van der Waals surface area (Å²) in [4.78, 5) is 19.5. The Hall–Kier alpha value is -2.48. The number of benzene rings is 2. The summed E-state index contributed by atoms with van der Waals surface area (Å²) in [6.07, 6.45) is 3.26. The average Bonchev–Trinajstić information content (AvgIpc) is 3.04. The maximum absolute atomic E-state index is 12.5. The predicted molar refractivity (Wildman–Crippen MR) is 119 cm³/mol. The van der Waals surface area contributed by atoms with Crippen molar-refractivity contribution in [1.82, 2.24) is 9.55 Å². The first-order valence-corrected chi connectivity index (χ1v) is 9.84. The van der Waals surface area contributed by atoms with Crippen LogP contribution in [0.25, 0.3) is 17.3 Å². The summed E-state index contributed by atoms with van der Waals surface area (Å²) in [6.45, 7) is 1.82. The molecule has 1 aliphatic rings. The number of nitrogens with one attached hydrogen (secondary N) is 1. The fraction of sp³-hybridized carbons (Fsp3) is 0.0500. The molecule has 0 unspecified atom stereocenters. The highest BCUT2D eigenvalue weighted by Gasteiger charge is 2.18. The number of halogens is 2. The highest BCUT2D eigenvalue weighted by atomic mass is 79.9. The molecule has 4 rings (SSSR count). The molecule has 3 aromatic rings. The minimum absolute atomic E-state index is 0.0817. The summed E-state index contributed by atoms with van der Waals surface area (Å²) in [5, 5.41) is 11.5.